The molecule has 3 heteroatoms. The van der Waals surface area contributed by atoms with Gasteiger partial charge >= 0.3 is 0 Å². The van der Waals surface area contributed by atoms with Gasteiger partial charge in [-0.25, -0.2) is 0 Å². The summed E-state index contributed by atoms with van der Waals surface area (Å²) >= 11 is 0. The Balaban J connectivity index is 2.63. The second kappa shape index (κ2) is 9.84. The third-order valence-electron chi connectivity index (χ3n) is 3.64. The van der Waals surface area contributed by atoms with E-state index in [9.17, 15) is 0 Å². The Morgan fingerprint density at radius 2 is 1.64 bits per heavy atom. The van der Waals surface area contributed by atoms with Gasteiger partial charge in [-0.3, -0.25) is 0 Å². The molecule has 122 valence electrons. The third kappa shape index (κ3) is 7.79. The van der Waals surface area contributed by atoms with Crippen molar-refractivity contribution in [2.45, 2.75) is 57.2 Å². The van der Waals surface area contributed by atoms with Crippen LogP contribution in [0.5, 0.6) is 0 Å². The summed E-state index contributed by atoms with van der Waals surface area (Å²) in [7, 11) is 2.35. The molecule has 0 spiro atoms. The van der Waals surface area contributed by atoms with Crippen molar-refractivity contribution in [1.82, 2.24) is 0 Å². The van der Waals surface area contributed by atoms with Gasteiger partial charge in [0.2, 0.25) is 0 Å². The number of benzene rings is 1. The van der Waals surface area contributed by atoms with Crippen LogP contribution in [-0.2, 0) is 9.47 Å². The Morgan fingerprint density at radius 3 is 2.18 bits per heavy atom. The Labute approximate surface area is 137 Å². The lowest BCUT2D eigenvalue weighted by molar-refractivity contribution is -0.109. The van der Waals surface area contributed by atoms with Crippen LogP contribution >= 0.6 is 0 Å². The topological polar surface area (TPSA) is 18.5 Å². The largest absolute Gasteiger partial charge is 0.356 e. The zero-order valence-corrected chi connectivity index (χ0v) is 15.7. The molecule has 1 aromatic rings. The maximum atomic E-state index is 5.37. The van der Waals surface area contributed by atoms with Crippen molar-refractivity contribution >= 4 is 8.07 Å². The quantitative estimate of drug-likeness (QED) is 0.385. The molecular formula is C19H30O2Si. The molecule has 0 saturated carbocycles. The summed E-state index contributed by atoms with van der Waals surface area (Å²) in [5, 5.41) is 0. The van der Waals surface area contributed by atoms with Gasteiger partial charge in [0.1, 0.15) is 0 Å². The summed E-state index contributed by atoms with van der Waals surface area (Å²) in [6.45, 7) is 7.07. The molecule has 0 N–H and O–H groups in total. The first-order chi connectivity index (χ1) is 10.5. The molecule has 2 nitrogen and oxygen atoms in total. The van der Waals surface area contributed by atoms with Crippen LogP contribution in [0.3, 0.4) is 0 Å². The highest BCUT2D eigenvalue weighted by molar-refractivity contribution is 6.76. The Kier molecular flexibility index (Phi) is 8.48. The predicted molar refractivity (Wildman–Crippen MR) is 96.8 cm³/mol. The Bertz CT molecular complexity index is 464. The maximum absolute atomic E-state index is 5.37. The highest BCUT2D eigenvalue weighted by atomic mass is 28.3. The highest BCUT2D eigenvalue weighted by Gasteiger charge is 2.17. The van der Waals surface area contributed by atoms with Crippen molar-refractivity contribution in [3.63, 3.8) is 0 Å². The fourth-order valence-corrected chi connectivity index (χ4v) is 2.98. The second-order valence-electron chi connectivity index (χ2n) is 6.87. The van der Waals surface area contributed by atoms with E-state index in [1.807, 2.05) is 0 Å². The average molecular weight is 319 g/mol. The summed E-state index contributed by atoms with van der Waals surface area (Å²) in [6, 6.07) is 11.7. The van der Waals surface area contributed by atoms with Crippen LogP contribution in [0.4, 0.5) is 0 Å². The van der Waals surface area contributed by atoms with Crippen LogP contribution < -0.4 is 0 Å². The van der Waals surface area contributed by atoms with Crippen LogP contribution in [0, 0.1) is 11.8 Å². The molecule has 1 aromatic carbocycles. The smallest absolute Gasteiger partial charge is 0.157 e. The van der Waals surface area contributed by atoms with Crippen LogP contribution in [0.25, 0.3) is 0 Å². The van der Waals surface area contributed by atoms with Crippen molar-refractivity contribution < 1.29 is 9.47 Å². The van der Waals surface area contributed by atoms with E-state index in [4.69, 9.17) is 9.47 Å². The maximum Gasteiger partial charge on any atom is 0.157 e. The van der Waals surface area contributed by atoms with E-state index in [1.165, 1.54) is 5.56 Å². The van der Waals surface area contributed by atoms with Crippen molar-refractivity contribution in [1.29, 1.82) is 0 Å². The molecule has 0 saturated heterocycles. The van der Waals surface area contributed by atoms with Crippen molar-refractivity contribution in [2.75, 3.05) is 14.2 Å². The Hall–Kier alpha value is -1.08. The monoisotopic (exact) mass is 318 g/mol. The van der Waals surface area contributed by atoms with Crippen LogP contribution in [0.15, 0.2) is 30.3 Å². The van der Waals surface area contributed by atoms with Gasteiger partial charge in [0.05, 0.1) is 8.07 Å². The van der Waals surface area contributed by atoms with E-state index in [0.29, 0.717) is 5.92 Å². The molecule has 0 aliphatic carbocycles. The van der Waals surface area contributed by atoms with Gasteiger partial charge in [0.25, 0.3) is 0 Å². The fourth-order valence-electron chi connectivity index (χ4n) is 2.33. The average Bonchev–Trinajstić information content (AvgIpc) is 2.50. The molecule has 0 aromatic heterocycles. The van der Waals surface area contributed by atoms with Gasteiger partial charge in [0.15, 0.2) is 6.29 Å². The number of ether oxygens (including phenoxy) is 2. The van der Waals surface area contributed by atoms with Crippen molar-refractivity contribution in [3.8, 4) is 11.8 Å². The van der Waals surface area contributed by atoms with Crippen molar-refractivity contribution in [3.05, 3.63) is 35.9 Å². The van der Waals surface area contributed by atoms with Gasteiger partial charge in [0, 0.05) is 33.1 Å². The molecular weight excluding hydrogens is 288 g/mol. The normalized spacial score (nSPS) is 12.8. The predicted octanol–water partition coefficient (Wildman–Crippen LogP) is 4.90. The summed E-state index contributed by atoms with van der Waals surface area (Å²) in [6.07, 6.45) is 2.70. The number of hydrogen-bond donors (Lipinski definition) is 0. The lowest BCUT2D eigenvalue weighted by atomic mass is 9.91. The molecule has 0 radical (unpaired) electrons. The minimum Gasteiger partial charge on any atom is -0.356 e. The van der Waals surface area contributed by atoms with Gasteiger partial charge in [-0.05, 0) is 17.9 Å². The van der Waals surface area contributed by atoms with E-state index < -0.39 is 8.07 Å². The van der Waals surface area contributed by atoms with Gasteiger partial charge in [-0.1, -0.05) is 50.0 Å². The van der Waals surface area contributed by atoms with Gasteiger partial charge in [-0.2, -0.15) is 0 Å². The third-order valence-corrected chi connectivity index (χ3v) is 4.87. The fraction of sp³-hybridized carbons (Fsp3) is 0.579. The molecule has 0 aliphatic heterocycles. The first-order valence-electron chi connectivity index (χ1n) is 8.02. The van der Waals surface area contributed by atoms with Gasteiger partial charge < -0.3 is 9.47 Å². The minimum absolute atomic E-state index is 0.153. The molecule has 1 atom stereocenters. The molecule has 0 unspecified atom stereocenters. The van der Waals surface area contributed by atoms with Gasteiger partial charge in [-0.15, -0.1) is 11.8 Å². The summed E-state index contributed by atoms with van der Waals surface area (Å²) in [5.41, 5.74) is 1.34. The molecule has 1 rings (SSSR count). The molecule has 0 heterocycles. The molecule has 0 fully saturated rings. The SMILES string of the molecule is COC(C[C@H](CCC#CC[Si](C)(C)C)c1ccccc1)OC. The molecule has 0 amide bonds. The van der Waals surface area contributed by atoms with Crippen molar-refractivity contribution in [2.24, 2.45) is 0 Å². The lowest BCUT2D eigenvalue weighted by Gasteiger charge is -2.21. The van der Waals surface area contributed by atoms with E-state index in [-0.39, 0.29) is 6.29 Å². The number of rotatable bonds is 8. The summed E-state index contributed by atoms with van der Waals surface area (Å²) in [5.74, 6) is 7.14. The van der Waals surface area contributed by atoms with Crippen LogP contribution in [-0.4, -0.2) is 28.6 Å². The molecule has 22 heavy (non-hydrogen) atoms. The lowest BCUT2D eigenvalue weighted by Crippen LogP contribution is -2.17. The second-order valence-corrected chi connectivity index (χ2v) is 12.3. The molecule has 0 aliphatic rings. The van der Waals surface area contributed by atoms with E-state index in [0.717, 1.165) is 25.3 Å². The zero-order chi connectivity index (χ0) is 16.4. The first-order valence-corrected chi connectivity index (χ1v) is 11.7. The minimum atomic E-state index is -1.05. The van der Waals surface area contributed by atoms with E-state index in [2.05, 4.69) is 61.8 Å². The number of methoxy groups -OCH3 is 2. The highest BCUT2D eigenvalue weighted by Crippen LogP contribution is 2.27. The van der Waals surface area contributed by atoms with E-state index in [1.54, 1.807) is 14.2 Å². The van der Waals surface area contributed by atoms with Crippen LogP contribution in [0.1, 0.15) is 30.7 Å². The summed E-state index contributed by atoms with van der Waals surface area (Å²) in [4.78, 5) is 0. The van der Waals surface area contributed by atoms with E-state index >= 15 is 0 Å². The first kappa shape index (κ1) is 19.0. The zero-order valence-electron chi connectivity index (χ0n) is 14.7. The standard InChI is InChI=1S/C19H30O2Si/c1-20-19(21-2)16-18(17-12-8-6-9-13-17)14-10-7-11-15-22(3,4)5/h6,8-9,12-13,18-19H,10,14-16H2,1-5H3/t18-/m0/s1. The Morgan fingerprint density at radius 1 is 1.00 bits per heavy atom. The van der Waals surface area contributed by atoms with Crippen LogP contribution in [0.2, 0.25) is 25.7 Å². The molecule has 0 bridgehead atoms. The summed E-state index contributed by atoms with van der Waals surface area (Å²) < 4.78 is 10.7. The number of hydrogen-bond acceptors (Lipinski definition) is 2.